The van der Waals surface area contributed by atoms with Crippen LogP contribution in [-0.2, 0) is 4.79 Å². The molecule has 6 nitrogen and oxygen atoms in total. The molecule has 0 bridgehead atoms. The summed E-state index contributed by atoms with van der Waals surface area (Å²) in [6, 6.07) is 2.19. The van der Waals surface area contributed by atoms with Crippen LogP contribution in [0.1, 0.15) is 31.9 Å². The number of aryl methyl sites for hydroxylation is 1. The zero-order valence-electron chi connectivity index (χ0n) is 12.4. The van der Waals surface area contributed by atoms with Crippen LogP contribution in [0.25, 0.3) is 0 Å². The van der Waals surface area contributed by atoms with Gasteiger partial charge in [-0.3, -0.25) is 4.79 Å². The van der Waals surface area contributed by atoms with Gasteiger partial charge in [-0.05, 0) is 19.8 Å². The summed E-state index contributed by atoms with van der Waals surface area (Å²) in [6.45, 7) is 5.65. The van der Waals surface area contributed by atoms with Gasteiger partial charge >= 0.3 is 0 Å². The van der Waals surface area contributed by atoms with E-state index in [4.69, 9.17) is 0 Å². The van der Waals surface area contributed by atoms with E-state index in [-0.39, 0.29) is 11.9 Å². The summed E-state index contributed by atoms with van der Waals surface area (Å²) in [5.74, 6) is 1.70. The lowest BCUT2D eigenvalue weighted by atomic mass is 10.1. The SMILES string of the molecule is CCCNc1nc(C)cc(NC2CCC(=O)N(C)C2)n1. The van der Waals surface area contributed by atoms with Crippen LogP contribution >= 0.6 is 0 Å². The fourth-order valence-electron chi connectivity index (χ4n) is 2.30. The van der Waals surface area contributed by atoms with Crippen molar-refractivity contribution in [1.82, 2.24) is 14.9 Å². The average Bonchev–Trinajstić information content (AvgIpc) is 2.40. The second-order valence-electron chi connectivity index (χ2n) is 5.30. The molecule has 0 aliphatic carbocycles. The third-order valence-electron chi connectivity index (χ3n) is 3.37. The Hall–Kier alpha value is -1.85. The topological polar surface area (TPSA) is 70.2 Å². The second kappa shape index (κ2) is 6.54. The minimum atomic E-state index is 0.215. The van der Waals surface area contributed by atoms with E-state index in [1.165, 1.54) is 0 Å². The van der Waals surface area contributed by atoms with Crippen molar-refractivity contribution in [2.45, 2.75) is 39.2 Å². The summed E-state index contributed by atoms with van der Waals surface area (Å²) in [4.78, 5) is 22.1. The molecular weight excluding hydrogens is 254 g/mol. The monoisotopic (exact) mass is 277 g/mol. The Morgan fingerprint density at radius 1 is 1.45 bits per heavy atom. The second-order valence-corrected chi connectivity index (χ2v) is 5.30. The first-order valence-corrected chi connectivity index (χ1v) is 7.18. The molecule has 1 unspecified atom stereocenters. The Kier molecular flexibility index (Phi) is 4.76. The lowest BCUT2D eigenvalue weighted by molar-refractivity contribution is -0.132. The summed E-state index contributed by atoms with van der Waals surface area (Å²) in [6.07, 6.45) is 2.48. The highest BCUT2D eigenvalue weighted by Gasteiger charge is 2.23. The first-order chi connectivity index (χ1) is 9.58. The van der Waals surface area contributed by atoms with E-state index in [9.17, 15) is 4.79 Å². The summed E-state index contributed by atoms with van der Waals surface area (Å²) < 4.78 is 0. The standard InChI is InChI=1S/C14H23N5O/c1-4-7-15-14-16-10(2)8-12(18-14)17-11-5-6-13(20)19(3)9-11/h8,11H,4-7,9H2,1-3H3,(H2,15,16,17,18). The van der Waals surface area contributed by atoms with Crippen LogP contribution in [0.15, 0.2) is 6.07 Å². The van der Waals surface area contributed by atoms with Gasteiger partial charge in [0.2, 0.25) is 11.9 Å². The molecule has 6 heteroatoms. The Morgan fingerprint density at radius 2 is 2.25 bits per heavy atom. The van der Waals surface area contributed by atoms with E-state index < -0.39 is 0 Å². The van der Waals surface area contributed by atoms with Crippen molar-refractivity contribution in [3.8, 4) is 0 Å². The van der Waals surface area contributed by atoms with E-state index in [2.05, 4.69) is 27.5 Å². The maximum atomic E-state index is 11.5. The van der Waals surface area contributed by atoms with Crippen molar-refractivity contribution in [2.75, 3.05) is 30.8 Å². The Balaban J connectivity index is 2.01. The maximum absolute atomic E-state index is 11.5. The van der Waals surface area contributed by atoms with E-state index in [0.29, 0.717) is 12.4 Å². The van der Waals surface area contributed by atoms with Gasteiger partial charge < -0.3 is 15.5 Å². The van der Waals surface area contributed by atoms with Gasteiger partial charge in [-0.15, -0.1) is 0 Å². The third-order valence-corrected chi connectivity index (χ3v) is 3.37. The molecule has 1 aliphatic rings. The number of carbonyl (C=O) groups excluding carboxylic acids is 1. The van der Waals surface area contributed by atoms with E-state index >= 15 is 0 Å². The summed E-state index contributed by atoms with van der Waals surface area (Å²) in [7, 11) is 1.84. The molecule has 1 aromatic heterocycles. The molecule has 1 fully saturated rings. The molecule has 0 spiro atoms. The molecule has 1 aromatic rings. The molecule has 0 saturated carbocycles. The number of anilines is 2. The van der Waals surface area contributed by atoms with Crippen LogP contribution in [0.2, 0.25) is 0 Å². The predicted octanol–water partition coefficient (Wildman–Crippen LogP) is 1.64. The van der Waals surface area contributed by atoms with Crippen molar-refractivity contribution in [1.29, 1.82) is 0 Å². The highest BCUT2D eigenvalue weighted by atomic mass is 16.2. The summed E-state index contributed by atoms with van der Waals surface area (Å²) in [5.41, 5.74) is 0.932. The first kappa shape index (κ1) is 14.6. The Bertz CT molecular complexity index is 477. The maximum Gasteiger partial charge on any atom is 0.224 e. The number of amides is 1. The molecule has 110 valence electrons. The molecule has 1 aliphatic heterocycles. The molecule has 1 amide bonds. The van der Waals surface area contributed by atoms with Crippen LogP contribution in [0, 0.1) is 6.92 Å². The number of nitrogens with one attached hydrogen (secondary N) is 2. The van der Waals surface area contributed by atoms with Gasteiger partial charge in [-0.1, -0.05) is 6.92 Å². The molecule has 20 heavy (non-hydrogen) atoms. The zero-order chi connectivity index (χ0) is 14.5. The predicted molar refractivity (Wildman–Crippen MR) is 79.8 cm³/mol. The third kappa shape index (κ3) is 3.82. The van der Waals surface area contributed by atoms with Crippen LogP contribution in [-0.4, -0.2) is 47.0 Å². The van der Waals surface area contributed by atoms with Gasteiger partial charge in [0.25, 0.3) is 0 Å². The number of aromatic nitrogens is 2. The molecule has 1 atom stereocenters. The zero-order valence-corrected chi connectivity index (χ0v) is 12.4. The van der Waals surface area contributed by atoms with Crippen molar-refractivity contribution in [3.63, 3.8) is 0 Å². The lowest BCUT2D eigenvalue weighted by Crippen LogP contribution is -2.43. The fraction of sp³-hybridized carbons (Fsp3) is 0.643. The van der Waals surface area contributed by atoms with Crippen molar-refractivity contribution < 1.29 is 4.79 Å². The number of piperidine rings is 1. The number of rotatable bonds is 5. The van der Waals surface area contributed by atoms with Crippen LogP contribution in [0.5, 0.6) is 0 Å². The first-order valence-electron chi connectivity index (χ1n) is 7.18. The van der Waals surface area contributed by atoms with Gasteiger partial charge in [0.1, 0.15) is 5.82 Å². The number of likely N-dealkylation sites (tertiary alicyclic amines) is 1. The van der Waals surface area contributed by atoms with Gasteiger partial charge in [0, 0.05) is 44.4 Å². The van der Waals surface area contributed by atoms with Crippen LogP contribution in [0.3, 0.4) is 0 Å². The molecule has 2 N–H and O–H groups in total. The summed E-state index contributed by atoms with van der Waals surface area (Å²) >= 11 is 0. The van der Waals surface area contributed by atoms with Gasteiger partial charge in [-0.25, -0.2) is 4.98 Å². The number of carbonyl (C=O) groups is 1. The van der Waals surface area contributed by atoms with Crippen molar-refractivity contribution in [3.05, 3.63) is 11.8 Å². The smallest absolute Gasteiger partial charge is 0.224 e. The highest BCUT2D eigenvalue weighted by molar-refractivity contribution is 5.77. The van der Waals surface area contributed by atoms with Gasteiger partial charge in [-0.2, -0.15) is 4.98 Å². The van der Waals surface area contributed by atoms with Crippen molar-refractivity contribution in [2.24, 2.45) is 0 Å². The molecule has 0 radical (unpaired) electrons. The summed E-state index contributed by atoms with van der Waals surface area (Å²) in [5, 5.41) is 6.61. The van der Waals surface area contributed by atoms with Crippen LogP contribution < -0.4 is 10.6 Å². The van der Waals surface area contributed by atoms with Gasteiger partial charge in [0.05, 0.1) is 0 Å². The van der Waals surface area contributed by atoms with Gasteiger partial charge in [0.15, 0.2) is 0 Å². The number of likely N-dealkylation sites (N-methyl/N-ethyl adjacent to an activating group) is 1. The molecule has 0 aromatic carbocycles. The average molecular weight is 277 g/mol. The number of hydrogen-bond acceptors (Lipinski definition) is 5. The highest BCUT2D eigenvalue weighted by Crippen LogP contribution is 2.16. The number of nitrogens with zero attached hydrogens (tertiary/aromatic N) is 3. The number of hydrogen-bond donors (Lipinski definition) is 2. The Morgan fingerprint density at radius 3 is 2.95 bits per heavy atom. The van der Waals surface area contributed by atoms with E-state index in [1.54, 1.807) is 4.90 Å². The fourth-order valence-corrected chi connectivity index (χ4v) is 2.30. The van der Waals surface area contributed by atoms with Crippen molar-refractivity contribution >= 4 is 17.7 Å². The molecule has 2 rings (SSSR count). The quantitative estimate of drug-likeness (QED) is 0.856. The minimum Gasteiger partial charge on any atom is -0.365 e. The Labute approximate surface area is 120 Å². The molecule has 2 heterocycles. The van der Waals surface area contributed by atoms with E-state index in [0.717, 1.165) is 37.4 Å². The lowest BCUT2D eigenvalue weighted by Gasteiger charge is -2.30. The largest absolute Gasteiger partial charge is 0.365 e. The molecule has 1 saturated heterocycles. The normalized spacial score (nSPS) is 19.1. The molecular formula is C14H23N5O. The minimum absolute atomic E-state index is 0.215. The van der Waals surface area contributed by atoms with E-state index in [1.807, 2.05) is 20.0 Å². The van der Waals surface area contributed by atoms with Crippen LogP contribution in [0.4, 0.5) is 11.8 Å².